The second-order valence-electron chi connectivity index (χ2n) is 6.35. The van der Waals surface area contributed by atoms with E-state index in [0.717, 1.165) is 30.5 Å². The lowest BCUT2D eigenvalue weighted by Crippen LogP contribution is -2.26. The van der Waals surface area contributed by atoms with Gasteiger partial charge in [-0.15, -0.1) is 0 Å². The highest BCUT2D eigenvalue weighted by atomic mass is 16.2. The topological polar surface area (TPSA) is 84.3 Å². The molecule has 7 heteroatoms. The number of anilines is 2. The zero-order valence-corrected chi connectivity index (χ0v) is 15.0. The number of aromatic nitrogens is 2. The summed E-state index contributed by atoms with van der Waals surface area (Å²) in [7, 11) is 0. The number of nitrogens with zero attached hydrogens (tertiary/aromatic N) is 3. The van der Waals surface area contributed by atoms with Crippen molar-refractivity contribution in [3.8, 4) is 0 Å². The molecule has 0 radical (unpaired) electrons. The highest BCUT2D eigenvalue weighted by Crippen LogP contribution is 2.30. The number of nitrogens with one attached hydrogen (secondary N) is 1. The van der Waals surface area contributed by atoms with Crippen molar-refractivity contribution in [3.63, 3.8) is 0 Å². The third-order valence-corrected chi connectivity index (χ3v) is 4.44. The number of fused-ring (bicyclic) bond motifs is 1. The number of hydrogen-bond donors (Lipinski definition) is 1. The van der Waals surface area contributed by atoms with E-state index in [1.807, 2.05) is 19.1 Å². The lowest BCUT2D eigenvalue weighted by molar-refractivity contribution is -0.116. The highest BCUT2D eigenvalue weighted by molar-refractivity contribution is 6.03. The summed E-state index contributed by atoms with van der Waals surface area (Å²) in [6.45, 7) is 4.73. The van der Waals surface area contributed by atoms with Crippen LogP contribution < -0.4 is 15.8 Å². The normalized spacial score (nSPS) is 12.8. The summed E-state index contributed by atoms with van der Waals surface area (Å²) in [5.74, 6) is -0.351. The highest BCUT2D eigenvalue weighted by Gasteiger charge is 2.22. The zero-order valence-electron chi connectivity index (χ0n) is 15.0. The first-order valence-electron chi connectivity index (χ1n) is 8.80. The molecule has 1 aliphatic heterocycles. The van der Waals surface area contributed by atoms with Crippen LogP contribution in [0.25, 0.3) is 0 Å². The smallest absolute Gasteiger partial charge is 0.276 e. The fourth-order valence-corrected chi connectivity index (χ4v) is 3.04. The van der Waals surface area contributed by atoms with Crippen molar-refractivity contribution in [3.05, 3.63) is 51.9 Å². The van der Waals surface area contributed by atoms with Crippen molar-refractivity contribution in [1.82, 2.24) is 9.78 Å². The average molecular weight is 354 g/mol. The van der Waals surface area contributed by atoms with Crippen LogP contribution >= 0.6 is 0 Å². The lowest BCUT2D eigenvalue weighted by atomic mass is 10.1. The second-order valence-corrected chi connectivity index (χ2v) is 6.35. The van der Waals surface area contributed by atoms with Crippen molar-refractivity contribution in [2.75, 3.05) is 16.8 Å². The van der Waals surface area contributed by atoms with Crippen molar-refractivity contribution >= 4 is 23.2 Å². The van der Waals surface area contributed by atoms with Gasteiger partial charge in [-0.2, -0.15) is 5.10 Å². The zero-order chi connectivity index (χ0) is 18.7. The molecule has 0 aliphatic carbocycles. The molecule has 0 unspecified atom stereocenters. The van der Waals surface area contributed by atoms with Crippen LogP contribution in [0.5, 0.6) is 0 Å². The molecule has 0 bridgehead atoms. The van der Waals surface area contributed by atoms with E-state index in [0.29, 0.717) is 18.8 Å². The number of unbranched alkanes of at least 4 members (excludes halogenated alkanes) is 1. The standard InChI is InChI=1S/C19H22N4O3/c1-3-4-10-23-18(25)8-6-16(21-23)19(26)20-15-5-7-17-14(12-15)9-11-22(17)13(2)24/h5-8,12H,3-4,9-11H2,1-2H3,(H,20,26). The number of benzene rings is 1. The Balaban J connectivity index is 1.77. The van der Waals surface area contributed by atoms with E-state index in [2.05, 4.69) is 10.4 Å². The Kier molecular flexibility index (Phi) is 5.16. The molecule has 0 atom stereocenters. The lowest BCUT2D eigenvalue weighted by Gasteiger charge is -2.15. The average Bonchev–Trinajstić information content (AvgIpc) is 3.04. The largest absolute Gasteiger partial charge is 0.321 e. The van der Waals surface area contributed by atoms with Gasteiger partial charge in [0.1, 0.15) is 5.69 Å². The second kappa shape index (κ2) is 7.51. The first-order valence-corrected chi connectivity index (χ1v) is 8.80. The molecule has 2 amide bonds. The van der Waals surface area contributed by atoms with Crippen LogP contribution in [0.15, 0.2) is 35.1 Å². The van der Waals surface area contributed by atoms with E-state index in [1.54, 1.807) is 17.9 Å². The third kappa shape index (κ3) is 3.66. The minimum absolute atomic E-state index is 0.0130. The molecule has 1 aromatic carbocycles. The van der Waals surface area contributed by atoms with E-state index < -0.39 is 0 Å². The Labute approximate surface area is 151 Å². The number of aryl methyl sites for hydroxylation is 1. The van der Waals surface area contributed by atoms with Gasteiger partial charge in [0.05, 0.1) is 0 Å². The fraction of sp³-hybridized carbons (Fsp3) is 0.368. The maximum absolute atomic E-state index is 12.5. The summed E-state index contributed by atoms with van der Waals surface area (Å²) in [6.07, 6.45) is 2.53. The maximum Gasteiger partial charge on any atom is 0.276 e. The Morgan fingerprint density at radius 2 is 2.04 bits per heavy atom. The molecule has 1 aliphatic rings. The Hall–Kier alpha value is -2.96. The van der Waals surface area contributed by atoms with Crippen LogP contribution in [-0.4, -0.2) is 28.1 Å². The number of carbonyl (C=O) groups is 2. The van der Waals surface area contributed by atoms with Gasteiger partial charge >= 0.3 is 0 Å². The molecule has 0 saturated heterocycles. The molecule has 3 rings (SSSR count). The van der Waals surface area contributed by atoms with Gasteiger partial charge in [-0.05, 0) is 42.7 Å². The predicted molar refractivity (Wildman–Crippen MR) is 99.5 cm³/mol. The Morgan fingerprint density at radius 3 is 2.77 bits per heavy atom. The summed E-state index contributed by atoms with van der Waals surface area (Å²) in [5.41, 5.74) is 2.55. The molecule has 2 aromatic rings. The monoisotopic (exact) mass is 354 g/mol. The van der Waals surface area contributed by atoms with Gasteiger partial charge in [-0.1, -0.05) is 13.3 Å². The van der Waals surface area contributed by atoms with Gasteiger partial charge in [0.25, 0.3) is 11.5 Å². The summed E-state index contributed by atoms with van der Waals surface area (Å²) in [5, 5.41) is 6.97. The molecule has 0 fully saturated rings. The Morgan fingerprint density at radius 1 is 1.23 bits per heavy atom. The molecule has 0 saturated carbocycles. The molecule has 1 N–H and O–H groups in total. The summed E-state index contributed by atoms with van der Waals surface area (Å²) >= 11 is 0. The maximum atomic E-state index is 12.5. The van der Waals surface area contributed by atoms with Crippen LogP contribution in [0.3, 0.4) is 0 Å². The first kappa shape index (κ1) is 17.8. The van der Waals surface area contributed by atoms with Crippen molar-refractivity contribution in [2.24, 2.45) is 0 Å². The Bertz CT molecular complexity index is 904. The molecule has 26 heavy (non-hydrogen) atoms. The predicted octanol–water partition coefficient (Wildman–Crippen LogP) is 2.20. The van der Waals surface area contributed by atoms with Crippen LogP contribution in [-0.2, 0) is 17.8 Å². The van der Waals surface area contributed by atoms with Gasteiger partial charge in [-0.25, -0.2) is 4.68 Å². The van der Waals surface area contributed by atoms with E-state index in [9.17, 15) is 14.4 Å². The molecule has 7 nitrogen and oxygen atoms in total. The summed E-state index contributed by atoms with van der Waals surface area (Å²) in [6, 6.07) is 8.29. The summed E-state index contributed by atoms with van der Waals surface area (Å²) in [4.78, 5) is 37.6. The van der Waals surface area contributed by atoms with Crippen molar-refractivity contribution < 1.29 is 9.59 Å². The molecular weight excluding hydrogens is 332 g/mol. The number of rotatable bonds is 5. The van der Waals surface area contributed by atoms with Gasteiger partial charge < -0.3 is 10.2 Å². The third-order valence-electron chi connectivity index (χ3n) is 4.44. The van der Waals surface area contributed by atoms with Crippen LogP contribution in [0.2, 0.25) is 0 Å². The van der Waals surface area contributed by atoms with E-state index in [1.165, 1.54) is 16.8 Å². The van der Waals surface area contributed by atoms with Crippen molar-refractivity contribution in [1.29, 1.82) is 0 Å². The van der Waals surface area contributed by atoms with Crippen LogP contribution in [0, 0.1) is 0 Å². The number of carbonyl (C=O) groups excluding carboxylic acids is 2. The minimum Gasteiger partial charge on any atom is -0.321 e. The number of hydrogen-bond acceptors (Lipinski definition) is 4. The molecule has 2 heterocycles. The van der Waals surface area contributed by atoms with Gasteiger partial charge in [0.15, 0.2) is 0 Å². The fourth-order valence-electron chi connectivity index (χ4n) is 3.04. The summed E-state index contributed by atoms with van der Waals surface area (Å²) < 4.78 is 1.33. The SMILES string of the molecule is CCCCn1nc(C(=O)Nc2ccc3c(c2)CCN3C(C)=O)ccc1=O. The van der Waals surface area contributed by atoms with Gasteiger partial charge in [-0.3, -0.25) is 14.4 Å². The molecule has 136 valence electrons. The van der Waals surface area contributed by atoms with E-state index in [-0.39, 0.29) is 23.1 Å². The minimum atomic E-state index is -0.364. The first-order chi connectivity index (χ1) is 12.5. The van der Waals surface area contributed by atoms with Crippen molar-refractivity contribution in [2.45, 2.75) is 39.7 Å². The van der Waals surface area contributed by atoms with Gasteiger partial charge in [0.2, 0.25) is 5.91 Å². The van der Waals surface area contributed by atoms with E-state index in [4.69, 9.17) is 0 Å². The quantitative estimate of drug-likeness (QED) is 0.892. The molecule has 0 spiro atoms. The number of amides is 2. The van der Waals surface area contributed by atoms with E-state index >= 15 is 0 Å². The van der Waals surface area contributed by atoms with Crippen LogP contribution in [0.4, 0.5) is 11.4 Å². The molecular formula is C19H22N4O3. The van der Waals surface area contributed by atoms with Gasteiger partial charge in [0, 0.05) is 37.5 Å². The van der Waals surface area contributed by atoms with Crippen LogP contribution in [0.1, 0.15) is 42.7 Å². The molecule has 1 aromatic heterocycles.